The molecule has 0 atom stereocenters. The van der Waals surface area contributed by atoms with Crippen LogP contribution in [-0.2, 0) is 11.2 Å². The lowest BCUT2D eigenvalue weighted by molar-refractivity contribution is -0.614. The molecule has 4 heteroatoms. The van der Waals surface area contributed by atoms with Gasteiger partial charge in [0, 0.05) is 37.1 Å². The third-order valence-corrected chi connectivity index (χ3v) is 4.19. The van der Waals surface area contributed by atoms with Gasteiger partial charge < -0.3 is 10.1 Å². The molecule has 1 amide bonds. The summed E-state index contributed by atoms with van der Waals surface area (Å²) in [6.45, 7) is 3.46. The van der Waals surface area contributed by atoms with Crippen LogP contribution in [0.3, 0.4) is 0 Å². The largest absolute Gasteiger partial charge is 0.618 e. The predicted octanol–water partition coefficient (Wildman–Crippen LogP) is 1.91. The Labute approximate surface area is 119 Å². The summed E-state index contributed by atoms with van der Waals surface area (Å²) in [7, 11) is 0. The van der Waals surface area contributed by atoms with E-state index in [9.17, 15) is 10.0 Å². The van der Waals surface area contributed by atoms with E-state index < -0.39 is 0 Å². The van der Waals surface area contributed by atoms with Gasteiger partial charge in [0.25, 0.3) is 0 Å². The number of carbonyl (C=O) groups is 1. The van der Waals surface area contributed by atoms with Crippen LogP contribution in [0, 0.1) is 11.1 Å². The fourth-order valence-electron chi connectivity index (χ4n) is 2.86. The van der Waals surface area contributed by atoms with Gasteiger partial charge in [0.05, 0.1) is 0 Å². The molecular formula is C16H20N2O2. The number of amides is 1. The van der Waals surface area contributed by atoms with Crippen molar-refractivity contribution in [1.29, 1.82) is 0 Å². The van der Waals surface area contributed by atoms with Crippen molar-refractivity contribution in [3.63, 3.8) is 0 Å². The van der Waals surface area contributed by atoms with Crippen molar-refractivity contribution in [3.05, 3.63) is 40.9 Å². The van der Waals surface area contributed by atoms with Crippen LogP contribution in [0.25, 0.3) is 5.57 Å². The normalized spacial score (nSPS) is 18.9. The number of hydrogen-bond acceptors (Lipinski definition) is 2. The highest BCUT2D eigenvalue weighted by Gasteiger charge is 2.34. The minimum absolute atomic E-state index is 0.289. The molecule has 1 fully saturated rings. The molecule has 0 bridgehead atoms. The van der Waals surface area contributed by atoms with Crippen molar-refractivity contribution in [2.45, 2.75) is 32.6 Å². The molecule has 0 aromatic carbocycles. The van der Waals surface area contributed by atoms with E-state index in [1.54, 1.807) is 12.3 Å². The summed E-state index contributed by atoms with van der Waals surface area (Å²) in [6.07, 6.45) is 7.34. The molecule has 1 saturated carbocycles. The van der Waals surface area contributed by atoms with Gasteiger partial charge in [-0.1, -0.05) is 13.0 Å². The molecule has 106 valence electrons. The van der Waals surface area contributed by atoms with Crippen LogP contribution < -0.4 is 4.73 Å². The van der Waals surface area contributed by atoms with Gasteiger partial charge in [-0.05, 0) is 30.9 Å². The highest BCUT2D eigenvalue weighted by Crippen LogP contribution is 2.32. The van der Waals surface area contributed by atoms with Crippen molar-refractivity contribution in [1.82, 2.24) is 4.90 Å². The zero-order chi connectivity index (χ0) is 14.1. The summed E-state index contributed by atoms with van der Waals surface area (Å²) in [6, 6.07) is 3.81. The average molecular weight is 272 g/mol. The molecule has 0 unspecified atom stereocenters. The molecular weight excluding hydrogens is 252 g/mol. The van der Waals surface area contributed by atoms with E-state index in [0.717, 1.165) is 48.2 Å². The van der Waals surface area contributed by atoms with Crippen molar-refractivity contribution in [2.24, 2.45) is 5.92 Å². The van der Waals surface area contributed by atoms with Crippen LogP contribution in [0.15, 0.2) is 24.4 Å². The summed E-state index contributed by atoms with van der Waals surface area (Å²) in [5, 5.41) is 11.8. The Hall–Kier alpha value is -1.84. The molecule has 0 spiro atoms. The second-order valence-electron chi connectivity index (χ2n) is 5.59. The molecule has 1 aliphatic carbocycles. The van der Waals surface area contributed by atoms with Gasteiger partial charge in [-0.2, -0.15) is 4.73 Å². The van der Waals surface area contributed by atoms with E-state index in [1.165, 1.54) is 5.57 Å². The van der Waals surface area contributed by atoms with Crippen LogP contribution in [-0.4, -0.2) is 23.9 Å². The van der Waals surface area contributed by atoms with E-state index in [4.69, 9.17) is 0 Å². The Morgan fingerprint density at radius 3 is 2.90 bits per heavy atom. The van der Waals surface area contributed by atoms with E-state index in [1.807, 2.05) is 17.9 Å². The second kappa shape index (κ2) is 5.27. The second-order valence-corrected chi connectivity index (χ2v) is 5.59. The summed E-state index contributed by atoms with van der Waals surface area (Å²) >= 11 is 0. The molecule has 0 saturated heterocycles. The first-order valence-corrected chi connectivity index (χ1v) is 7.40. The van der Waals surface area contributed by atoms with Gasteiger partial charge in [-0.15, -0.1) is 0 Å². The molecule has 1 aromatic heterocycles. The Kier molecular flexibility index (Phi) is 3.47. The standard InChI is InChI=1S/C16H20N2O2/c1-2-15-14(4-3-9-18(15)20)12-7-10-17(11-8-12)16(19)13-5-6-13/h3-4,7,9,13H,2,5-6,8,10-11H2,1H3. The molecule has 1 aliphatic heterocycles. The summed E-state index contributed by atoms with van der Waals surface area (Å²) in [5.74, 6) is 0.597. The average Bonchev–Trinajstić information content (AvgIpc) is 3.31. The first-order chi connectivity index (χ1) is 9.70. The van der Waals surface area contributed by atoms with Crippen molar-refractivity contribution >= 4 is 11.5 Å². The van der Waals surface area contributed by atoms with E-state index in [2.05, 4.69) is 6.08 Å². The number of pyridine rings is 1. The van der Waals surface area contributed by atoms with E-state index >= 15 is 0 Å². The first kappa shape index (κ1) is 13.2. The van der Waals surface area contributed by atoms with Gasteiger partial charge in [0.15, 0.2) is 11.9 Å². The molecule has 4 nitrogen and oxygen atoms in total. The number of nitrogens with zero attached hydrogens (tertiary/aromatic N) is 2. The molecule has 2 heterocycles. The SMILES string of the molecule is CCc1c(C2=CCN(C(=O)C3CC3)CC2)ccc[n+]1[O-]. The lowest BCUT2D eigenvalue weighted by Crippen LogP contribution is -2.36. The fraction of sp³-hybridized carbons (Fsp3) is 0.500. The first-order valence-electron chi connectivity index (χ1n) is 7.40. The van der Waals surface area contributed by atoms with E-state index in [0.29, 0.717) is 12.5 Å². The Balaban J connectivity index is 1.79. The molecule has 1 aromatic rings. The van der Waals surface area contributed by atoms with Gasteiger partial charge in [0.2, 0.25) is 5.91 Å². The topological polar surface area (TPSA) is 47.2 Å². The van der Waals surface area contributed by atoms with Crippen molar-refractivity contribution in [3.8, 4) is 0 Å². The number of aromatic nitrogens is 1. The van der Waals surface area contributed by atoms with Gasteiger partial charge in [-0.3, -0.25) is 4.79 Å². The maximum Gasteiger partial charge on any atom is 0.225 e. The maximum absolute atomic E-state index is 12.0. The Morgan fingerprint density at radius 1 is 1.50 bits per heavy atom. The van der Waals surface area contributed by atoms with E-state index in [-0.39, 0.29) is 5.92 Å². The number of hydrogen-bond donors (Lipinski definition) is 0. The number of rotatable bonds is 3. The molecule has 0 N–H and O–H groups in total. The predicted molar refractivity (Wildman–Crippen MR) is 76.7 cm³/mol. The van der Waals surface area contributed by atoms with Crippen LogP contribution in [0.1, 0.15) is 37.4 Å². The van der Waals surface area contributed by atoms with Gasteiger partial charge >= 0.3 is 0 Å². The minimum Gasteiger partial charge on any atom is -0.618 e. The van der Waals surface area contributed by atoms with Gasteiger partial charge in [-0.25, -0.2) is 0 Å². The highest BCUT2D eigenvalue weighted by atomic mass is 16.5. The zero-order valence-electron chi connectivity index (χ0n) is 11.8. The molecule has 2 aliphatic rings. The van der Waals surface area contributed by atoms with Crippen LogP contribution in [0.5, 0.6) is 0 Å². The summed E-state index contributed by atoms with van der Waals surface area (Å²) in [5.41, 5.74) is 3.07. The molecule has 0 radical (unpaired) electrons. The third-order valence-electron chi connectivity index (χ3n) is 4.19. The maximum atomic E-state index is 12.0. The van der Waals surface area contributed by atoms with Gasteiger partial charge in [0.1, 0.15) is 0 Å². The summed E-state index contributed by atoms with van der Waals surface area (Å²) in [4.78, 5) is 14.0. The minimum atomic E-state index is 0.289. The zero-order valence-corrected chi connectivity index (χ0v) is 11.8. The smallest absolute Gasteiger partial charge is 0.225 e. The Morgan fingerprint density at radius 2 is 2.30 bits per heavy atom. The quantitative estimate of drug-likeness (QED) is 0.623. The lowest BCUT2D eigenvalue weighted by Gasteiger charge is -2.27. The Bertz CT molecular complexity index is 562. The third kappa shape index (κ3) is 2.42. The lowest BCUT2D eigenvalue weighted by atomic mass is 9.97. The van der Waals surface area contributed by atoms with Crippen molar-refractivity contribution in [2.75, 3.05) is 13.1 Å². The fourth-order valence-corrected chi connectivity index (χ4v) is 2.86. The number of carbonyl (C=O) groups excluding carboxylic acids is 1. The highest BCUT2D eigenvalue weighted by molar-refractivity contribution is 5.82. The van der Waals surface area contributed by atoms with Crippen molar-refractivity contribution < 1.29 is 9.52 Å². The van der Waals surface area contributed by atoms with Crippen LogP contribution in [0.4, 0.5) is 0 Å². The monoisotopic (exact) mass is 272 g/mol. The van der Waals surface area contributed by atoms with Crippen LogP contribution >= 0.6 is 0 Å². The molecule has 20 heavy (non-hydrogen) atoms. The summed E-state index contributed by atoms with van der Waals surface area (Å²) < 4.78 is 0.956. The van der Waals surface area contributed by atoms with Crippen LogP contribution in [0.2, 0.25) is 0 Å². The molecule has 3 rings (SSSR count).